The average molecular weight is 411 g/mol. The van der Waals surface area contributed by atoms with Gasteiger partial charge in [0.25, 0.3) is 0 Å². The van der Waals surface area contributed by atoms with Crippen molar-refractivity contribution >= 4 is 38.0 Å². The van der Waals surface area contributed by atoms with Crippen LogP contribution in [0.4, 0.5) is 0 Å². The Kier molecular flexibility index (Phi) is 5.02. The first-order valence-electron chi connectivity index (χ1n) is 8.73. The third-order valence-electron chi connectivity index (χ3n) is 4.45. The van der Waals surface area contributed by atoms with E-state index in [0.29, 0.717) is 17.4 Å². The van der Waals surface area contributed by atoms with Crippen LogP contribution in [0.25, 0.3) is 10.9 Å². The molecule has 0 atom stereocenters. The highest BCUT2D eigenvalue weighted by Gasteiger charge is 2.23. The molecule has 4 rings (SSSR count). The number of hydrogen-bond donors (Lipinski definition) is 1. The van der Waals surface area contributed by atoms with Gasteiger partial charge in [0, 0.05) is 22.0 Å². The normalized spacial score (nSPS) is 11.6. The Morgan fingerprint density at radius 1 is 0.964 bits per heavy atom. The van der Waals surface area contributed by atoms with Gasteiger partial charge < -0.3 is 9.88 Å². The number of amides is 1. The first-order chi connectivity index (χ1) is 13.6. The van der Waals surface area contributed by atoms with E-state index in [0.717, 1.165) is 4.88 Å². The van der Waals surface area contributed by atoms with Gasteiger partial charge in [-0.1, -0.05) is 42.5 Å². The van der Waals surface area contributed by atoms with E-state index in [1.165, 1.54) is 0 Å². The smallest absolute Gasteiger partial charge is 0.240 e. The highest BCUT2D eigenvalue weighted by Crippen LogP contribution is 2.30. The number of thiophene rings is 1. The van der Waals surface area contributed by atoms with Gasteiger partial charge in [0.05, 0.1) is 16.3 Å². The van der Waals surface area contributed by atoms with Crippen molar-refractivity contribution < 1.29 is 13.2 Å². The molecule has 0 spiro atoms. The molecule has 0 saturated heterocycles. The van der Waals surface area contributed by atoms with Crippen LogP contribution < -0.4 is 5.32 Å². The standard InChI is InChI=1S/C21H18N2O3S2/c24-21(22-13-16-7-6-12-27-16)15-23-14-20(18-10-4-5-11-19(18)23)28(25,26)17-8-2-1-3-9-17/h1-12,14H,13,15H2,(H,22,24). The number of hydrogen-bond acceptors (Lipinski definition) is 4. The quantitative estimate of drug-likeness (QED) is 0.525. The van der Waals surface area contributed by atoms with Crippen molar-refractivity contribution in [2.45, 2.75) is 22.9 Å². The average Bonchev–Trinajstić information content (AvgIpc) is 3.36. The molecular weight excluding hydrogens is 392 g/mol. The second-order valence-corrected chi connectivity index (χ2v) is 9.26. The summed E-state index contributed by atoms with van der Waals surface area (Å²) in [5.74, 6) is -0.169. The van der Waals surface area contributed by atoms with Crippen molar-refractivity contribution in [3.8, 4) is 0 Å². The molecule has 2 aromatic carbocycles. The molecule has 28 heavy (non-hydrogen) atoms. The summed E-state index contributed by atoms with van der Waals surface area (Å²) in [5, 5.41) is 5.45. The van der Waals surface area contributed by atoms with Gasteiger partial charge in [-0.15, -0.1) is 11.3 Å². The molecule has 0 saturated carbocycles. The minimum absolute atomic E-state index is 0.0518. The van der Waals surface area contributed by atoms with Gasteiger partial charge in [-0.05, 0) is 29.6 Å². The molecule has 0 radical (unpaired) electrons. The molecule has 0 aliphatic heterocycles. The topological polar surface area (TPSA) is 68.2 Å². The summed E-state index contributed by atoms with van der Waals surface area (Å²) in [7, 11) is -3.68. The van der Waals surface area contributed by atoms with E-state index >= 15 is 0 Å². The number of benzene rings is 2. The number of nitrogens with one attached hydrogen (secondary N) is 1. The lowest BCUT2D eigenvalue weighted by molar-refractivity contribution is -0.121. The van der Waals surface area contributed by atoms with Crippen molar-refractivity contribution in [2.75, 3.05) is 0 Å². The number of carbonyl (C=O) groups excluding carboxylic acids is 1. The number of nitrogens with zero attached hydrogens (tertiary/aromatic N) is 1. The fraction of sp³-hybridized carbons (Fsp3) is 0.0952. The van der Waals surface area contributed by atoms with Gasteiger partial charge in [-0.3, -0.25) is 4.79 Å². The number of carbonyl (C=O) groups is 1. The van der Waals surface area contributed by atoms with Gasteiger partial charge in [0.2, 0.25) is 15.7 Å². The molecule has 0 unspecified atom stereocenters. The highest BCUT2D eigenvalue weighted by molar-refractivity contribution is 7.91. The summed E-state index contributed by atoms with van der Waals surface area (Å²) in [6, 6.07) is 19.5. The zero-order valence-electron chi connectivity index (χ0n) is 14.9. The molecular formula is C21H18N2O3S2. The van der Waals surface area contributed by atoms with Crippen LogP contribution in [0.3, 0.4) is 0 Å². The fourth-order valence-corrected chi connectivity index (χ4v) is 5.24. The third-order valence-corrected chi connectivity index (χ3v) is 7.12. The molecule has 5 nitrogen and oxygen atoms in total. The van der Waals surface area contributed by atoms with E-state index < -0.39 is 9.84 Å². The van der Waals surface area contributed by atoms with E-state index in [9.17, 15) is 13.2 Å². The van der Waals surface area contributed by atoms with Gasteiger partial charge in [-0.25, -0.2) is 8.42 Å². The van der Waals surface area contributed by atoms with Crippen molar-refractivity contribution in [3.05, 3.63) is 83.2 Å². The molecule has 0 aliphatic carbocycles. The van der Waals surface area contributed by atoms with Crippen molar-refractivity contribution in [1.29, 1.82) is 0 Å². The van der Waals surface area contributed by atoms with Crippen LogP contribution in [0, 0.1) is 0 Å². The summed E-state index contributed by atoms with van der Waals surface area (Å²) in [4.78, 5) is 13.9. The SMILES string of the molecule is O=C(Cn1cc(S(=O)(=O)c2ccccc2)c2ccccc21)NCc1cccs1. The molecule has 0 aliphatic rings. The molecule has 7 heteroatoms. The van der Waals surface area contributed by atoms with Gasteiger partial charge in [0.15, 0.2) is 0 Å². The van der Waals surface area contributed by atoms with Gasteiger partial charge >= 0.3 is 0 Å². The molecule has 142 valence electrons. The van der Waals surface area contributed by atoms with Crippen LogP contribution >= 0.6 is 11.3 Å². The van der Waals surface area contributed by atoms with Crippen LogP contribution in [0.5, 0.6) is 0 Å². The first-order valence-corrected chi connectivity index (χ1v) is 11.1. The summed E-state index contributed by atoms with van der Waals surface area (Å²) < 4.78 is 27.9. The predicted molar refractivity (Wildman–Crippen MR) is 110 cm³/mol. The summed E-state index contributed by atoms with van der Waals surface area (Å²) in [6.45, 7) is 0.515. The Balaban J connectivity index is 1.66. The third kappa shape index (κ3) is 3.58. The number of fused-ring (bicyclic) bond motifs is 1. The van der Waals surface area contributed by atoms with Crippen molar-refractivity contribution in [1.82, 2.24) is 9.88 Å². The Bertz CT molecular complexity index is 1210. The van der Waals surface area contributed by atoms with E-state index in [2.05, 4.69) is 5.32 Å². The Labute approximate surface area is 167 Å². The van der Waals surface area contributed by atoms with Crippen LogP contribution in [0.2, 0.25) is 0 Å². The lowest BCUT2D eigenvalue weighted by atomic mass is 10.2. The van der Waals surface area contributed by atoms with E-state index in [-0.39, 0.29) is 22.2 Å². The number of rotatable bonds is 6. The summed E-state index contributed by atoms with van der Waals surface area (Å²) in [5.41, 5.74) is 0.711. The monoisotopic (exact) mass is 410 g/mol. The van der Waals surface area contributed by atoms with Crippen molar-refractivity contribution in [2.24, 2.45) is 0 Å². The van der Waals surface area contributed by atoms with E-state index in [4.69, 9.17) is 0 Å². The number of para-hydroxylation sites is 1. The maximum atomic E-state index is 13.1. The molecule has 1 N–H and O–H groups in total. The maximum Gasteiger partial charge on any atom is 0.240 e. The Hall–Kier alpha value is -2.90. The van der Waals surface area contributed by atoms with Gasteiger partial charge in [0.1, 0.15) is 6.54 Å². The largest absolute Gasteiger partial charge is 0.350 e. The van der Waals surface area contributed by atoms with Gasteiger partial charge in [-0.2, -0.15) is 0 Å². The second-order valence-electron chi connectivity index (χ2n) is 6.31. The Morgan fingerprint density at radius 2 is 1.71 bits per heavy atom. The lowest BCUT2D eigenvalue weighted by Gasteiger charge is -2.06. The maximum absolute atomic E-state index is 13.1. The number of aromatic nitrogens is 1. The molecule has 0 fully saturated rings. The minimum atomic E-state index is -3.68. The summed E-state index contributed by atoms with van der Waals surface area (Å²) in [6.07, 6.45) is 1.55. The first kappa shape index (κ1) is 18.5. The second kappa shape index (κ2) is 7.61. The van der Waals surface area contributed by atoms with Crippen LogP contribution in [0.1, 0.15) is 4.88 Å². The Morgan fingerprint density at radius 3 is 2.46 bits per heavy atom. The predicted octanol–water partition coefficient (Wildman–Crippen LogP) is 3.85. The molecule has 2 heterocycles. The minimum Gasteiger partial charge on any atom is -0.350 e. The zero-order chi connectivity index (χ0) is 19.6. The fourth-order valence-electron chi connectivity index (χ4n) is 3.09. The number of sulfone groups is 1. The molecule has 2 aromatic heterocycles. The zero-order valence-corrected chi connectivity index (χ0v) is 16.5. The van der Waals surface area contributed by atoms with E-state index in [1.54, 1.807) is 64.6 Å². The molecule has 1 amide bonds. The summed E-state index contributed by atoms with van der Waals surface area (Å²) >= 11 is 1.58. The van der Waals surface area contributed by atoms with Crippen molar-refractivity contribution in [3.63, 3.8) is 0 Å². The van der Waals surface area contributed by atoms with Crippen LogP contribution in [-0.4, -0.2) is 18.9 Å². The molecule has 0 bridgehead atoms. The molecule has 4 aromatic rings. The van der Waals surface area contributed by atoms with E-state index in [1.807, 2.05) is 29.6 Å². The highest BCUT2D eigenvalue weighted by atomic mass is 32.2. The lowest BCUT2D eigenvalue weighted by Crippen LogP contribution is -2.26. The van der Waals surface area contributed by atoms with Crippen LogP contribution in [0.15, 0.2) is 88.1 Å². The van der Waals surface area contributed by atoms with Crippen LogP contribution in [-0.2, 0) is 27.7 Å².